The lowest BCUT2D eigenvalue weighted by Crippen LogP contribution is -2.29. The first kappa shape index (κ1) is 24.1. The van der Waals surface area contributed by atoms with Gasteiger partial charge in [0.05, 0.1) is 32.7 Å². The zero-order valence-corrected chi connectivity index (χ0v) is 20.0. The van der Waals surface area contributed by atoms with Crippen LogP contribution in [0.2, 0.25) is 0 Å². The fourth-order valence-electron chi connectivity index (χ4n) is 3.39. The van der Waals surface area contributed by atoms with E-state index in [0.29, 0.717) is 29.3 Å². The summed E-state index contributed by atoms with van der Waals surface area (Å²) in [5.41, 5.74) is 3.72. The first-order valence-corrected chi connectivity index (χ1v) is 12.2. The maximum absolute atomic E-state index is 12.6. The third-order valence-electron chi connectivity index (χ3n) is 5.13. The molecule has 8 heteroatoms. The van der Waals surface area contributed by atoms with Crippen LogP contribution >= 0.6 is 0 Å². The SMILES string of the molecule is COc1ccc(CNC(=O)c2ccc(CN(c3cccc(C)c3)S(C)(=O)=O)cc2)cc1OC. The van der Waals surface area contributed by atoms with Gasteiger partial charge in [0.2, 0.25) is 10.0 Å². The molecule has 3 aromatic carbocycles. The number of methoxy groups -OCH3 is 2. The Hall–Kier alpha value is -3.52. The minimum atomic E-state index is -3.47. The van der Waals surface area contributed by atoms with E-state index in [-0.39, 0.29) is 12.5 Å². The van der Waals surface area contributed by atoms with Gasteiger partial charge in [-0.1, -0.05) is 30.3 Å². The molecule has 1 amide bonds. The van der Waals surface area contributed by atoms with Gasteiger partial charge in [0.15, 0.2) is 11.5 Å². The number of rotatable bonds is 9. The molecule has 174 valence electrons. The van der Waals surface area contributed by atoms with Crippen molar-refractivity contribution in [1.29, 1.82) is 0 Å². The van der Waals surface area contributed by atoms with E-state index in [1.165, 1.54) is 10.6 Å². The molecule has 1 N–H and O–H groups in total. The number of ether oxygens (including phenoxy) is 2. The standard InChI is InChI=1S/C25H28N2O5S/c1-18-6-5-7-22(14-18)27(33(4,29)30)17-19-8-11-21(12-9-19)25(28)26-16-20-10-13-23(31-2)24(15-20)32-3/h5-15H,16-17H2,1-4H3,(H,26,28). The maximum Gasteiger partial charge on any atom is 0.251 e. The minimum Gasteiger partial charge on any atom is -0.493 e. The molecule has 0 aliphatic carbocycles. The van der Waals surface area contributed by atoms with Crippen molar-refractivity contribution >= 4 is 21.6 Å². The van der Waals surface area contributed by atoms with Crippen LogP contribution in [0, 0.1) is 6.92 Å². The van der Waals surface area contributed by atoms with E-state index in [1.54, 1.807) is 50.6 Å². The van der Waals surface area contributed by atoms with Crippen LogP contribution in [0.1, 0.15) is 27.0 Å². The van der Waals surface area contributed by atoms with Crippen molar-refractivity contribution in [2.24, 2.45) is 0 Å². The average Bonchev–Trinajstić information content (AvgIpc) is 2.80. The smallest absolute Gasteiger partial charge is 0.251 e. The summed E-state index contributed by atoms with van der Waals surface area (Å²) in [5.74, 6) is 0.990. The van der Waals surface area contributed by atoms with Crippen LogP contribution in [-0.4, -0.2) is 34.8 Å². The molecule has 0 atom stereocenters. The maximum atomic E-state index is 12.6. The summed E-state index contributed by atoms with van der Waals surface area (Å²) in [6, 6.07) is 19.7. The lowest BCUT2D eigenvalue weighted by molar-refractivity contribution is 0.0951. The second-order valence-electron chi connectivity index (χ2n) is 7.68. The Labute approximate surface area is 195 Å². The van der Waals surface area contributed by atoms with Gasteiger partial charge in [-0.15, -0.1) is 0 Å². The molecular formula is C25H28N2O5S. The van der Waals surface area contributed by atoms with Crippen LogP contribution in [0.3, 0.4) is 0 Å². The number of sulfonamides is 1. The molecule has 33 heavy (non-hydrogen) atoms. The van der Waals surface area contributed by atoms with Gasteiger partial charge < -0.3 is 14.8 Å². The van der Waals surface area contributed by atoms with Crippen molar-refractivity contribution in [2.75, 3.05) is 24.8 Å². The van der Waals surface area contributed by atoms with E-state index in [4.69, 9.17) is 9.47 Å². The van der Waals surface area contributed by atoms with E-state index in [9.17, 15) is 13.2 Å². The summed E-state index contributed by atoms with van der Waals surface area (Å²) >= 11 is 0. The van der Waals surface area contributed by atoms with Gasteiger partial charge in [-0.25, -0.2) is 8.42 Å². The molecule has 3 rings (SSSR count). The zero-order valence-electron chi connectivity index (χ0n) is 19.2. The van der Waals surface area contributed by atoms with Gasteiger partial charge in [-0.2, -0.15) is 0 Å². The lowest BCUT2D eigenvalue weighted by Gasteiger charge is -2.23. The number of hydrogen-bond acceptors (Lipinski definition) is 5. The topological polar surface area (TPSA) is 84.9 Å². The first-order valence-electron chi connectivity index (χ1n) is 10.3. The number of nitrogens with zero attached hydrogens (tertiary/aromatic N) is 1. The monoisotopic (exact) mass is 468 g/mol. The number of carbonyl (C=O) groups is 1. The number of aryl methyl sites for hydroxylation is 1. The molecule has 7 nitrogen and oxygen atoms in total. The van der Waals surface area contributed by atoms with Crippen molar-refractivity contribution in [3.63, 3.8) is 0 Å². The lowest BCUT2D eigenvalue weighted by atomic mass is 10.1. The second-order valence-corrected chi connectivity index (χ2v) is 9.58. The van der Waals surface area contributed by atoms with E-state index in [2.05, 4.69) is 5.32 Å². The molecule has 0 bridgehead atoms. The summed E-state index contributed by atoms with van der Waals surface area (Å²) in [5, 5.41) is 2.88. The van der Waals surface area contributed by atoms with Crippen molar-refractivity contribution < 1.29 is 22.7 Å². The third kappa shape index (κ3) is 6.26. The van der Waals surface area contributed by atoms with Crippen LogP contribution < -0.4 is 19.1 Å². The zero-order chi connectivity index (χ0) is 24.0. The van der Waals surface area contributed by atoms with Gasteiger partial charge in [0.1, 0.15) is 0 Å². The largest absolute Gasteiger partial charge is 0.493 e. The highest BCUT2D eigenvalue weighted by molar-refractivity contribution is 7.92. The summed E-state index contributed by atoms with van der Waals surface area (Å²) in [4.78, 5) is 12.6. The van der Waals surface area contributed by atoms with Crippen LogP contribution in [0.15, 0.2) is 66.7 Å². The quantitative estimate of drug-likeness (QED) is 0.515. The molecule has 0 heterocycles. The van der Waals surface area contributed by atoms with Crippen molar-refractivity contribution in [3.05, 3.63) is 89.0 Å². The van der Waals surface area contributed by atoms with Crippen molar-refractivity contribution in [3.8, 4) is 11.5 Å². The predicted octanol–water partition coefficient (Wildman–Crippen LogP) is 3.91. The number of benzene rings is 3. The fourth-order valence-corrected chi connectivity index (χ4v) is 4.27. The first-order chi connectivity index (χ1) is 15.7. The molecule has 0 aliphatic heterocycles. The molecule has 0 saturated carbocycles. The molecular weight excluding hydrogens is 440 g/mol. The Morgan fingerprint density at radius 3 is 2.18 bits per heavy atom. The Morgan fingerprint density at radius 2 is 1.58 bits per heavy atom. The number of nitrogens with one attached hydrogen (secondary N) is 1. The second kappa shape index (κ2) is 10.4. The molecule has 3 aromatic rings. The van der Waals surface area contributed by atoms with Gasteiger partial charge in [-0.3, -0.25) is 9.10 Å². The highest BCUT2D eigenvalue weighted by atomic mass is 32.2. The summed E-state index contributed by atoms with van der Waals surface area (Å²) in [7, 11) is -0.345. The molecule has 0 fully saturated rings. The van der Waals surface area contributed by atoms with Crippen molar-refractivity contribution in [2.45, 2.75) is 20.0 Å². The highest BCUT2D eigenvalue weighted by Crippen LogP contribution is 2.27. The van der Waals surface area contributed by atoms with Gasteiger partial charge >= 0.3 is 0 Å². The Balaban J connectivity index is 1.68. The average molecular weight is 469 g/mol. The Morgan fingerprint density at radius 1 is 0.909 bits per heavy atom. The number of amides is 1. The van der Waals surface area contributed by atoms with Crippen molar-refractivity contribution in [1.82, 2.24) is 5.32 Å². The van der Waals surface area contributed by atoms with Crippen LogP contribution in [0.25, 0.3) is 0 Å². The van der Waals surface area contributed by atoms with Crippen LogP contribution in [-0.2, 0) is 23.1 Å². The van der Waals surface area contributed by atoms with E-state index in [1.807, 2.05) is 37.3 Å². The molecule has 0 spiro atoms. The number of hydrogen-bond donors (Lipinski definition) is 1. The molecule has 0 aliphatic rings. The van der Waals surface area contributed by atoms with Crippen LogP contribution in [0.5, 0.6) is 11.5 Å². The summed E-state index contributed by atoms with van der Waals surface area (Å²) in [6.45, 7) is 2.42. The van der Waals surface area contributed by atoms with E-state index < -0.39 is 10.0 Å². The van der Waals surface area contributed by atoms with Gasteiger partial charge in [-0.05, 0) is 60.0 Å². The third-order valence-corrected chi connectivity index (χ3v) is 6.27. The summed E-state index contributed by atoms with van der Waals surface area (Å²) < 4.78 is 36.6. The Bertz CT molecular complexity index is 1220. The van der Waals surface area contributed by atoms with Gasteiger partial charge in [0, 0.05) is 12.1 Å². The highest BCUT2D eigenvalue weighted by Gasteiger charge is 2.18. The van der Waals surface area contributed by atoms with E-state index >= 15 is 0 Å². The van der Waals surface area contributed by atoms with E-state index in [0.717, 1.165) is 16.7 Å². The molecule has 0 aromatic heterocycles. The van der Waals surface area contributed by atoms with Crippen LogP contribution in [0.4, 0.5) is 5.69 Å². The Kier molecular flexibility index (Phi) is 7.60. The number of anilines is 1. The number of carbonyl (C=O) groups excluding carboxylic acids is 1. The predicted molar refractivity (Wildman–Crippen MR) is 129 cm³/mol. The molecule has 0 unspecified atom stereocenters. The summed E-state index contributed by atoms with van der Waals surface area (Å²) in [6.07, 6.45) is 1.19. The normalized spacial score (nSPS) is 11.0. The molecule has 0 saturated heterocycles. The van der Waals surface area contributed by atoms with Gasteiger partial charge in [0.25, 0.3) is 5.91 Å². The fraction of sp³-hybridized carbons (Fsp3) is 0.240. The molecule has 0 radical (unpaired) electrons. The minimum absolute atomic E-state index is 0.176.